The molecule has 11 nitrogen and oxygen atoms in total. The van der Waals surface area contributed by atoms with E-state index in [-0.39, 0.29) is 36.7 Å². The normalized spacial score (nSPS) is 21.3. The molecule has 3 rings (SSSR count). The van der Waals surface area contributed by atoms with Crippen molar-refractivity contribution in [2.45, 2.75) is 72.1 Å². The van der Waals surface area contributed by atoms with Gasteiger partial charge in [0.25, 0.3) is 5.91 Å². The van der Waals surface area contributed by atoms with E-state index in [4.69, 9.17) is 14.0 Å². The molecule has 228 valence electrons. The molecular formula is C30H47N5O6. The van der Waals surface area contributed by atoms with E-state index < -0.39 is 6.04 Å². The summed E-state index contributed by atoms with van der Waals surface area (Å²) in [6, 6.07) is 4.90. The number of benzene rings is 1. The SMILES string of the molecule is Cc1noc(C)c1NC(=O)N(C)C[C@H]1OCCCC[C@H](C)Oc2ccc(N(C)C)cc2C(=O)N([C@@H](C)CO)C[C@@H]1C. The van der Waals surface area contributed by atoms with Gasteiger partial charge in [-0.15, -0.1) is 0 Å². The number of nitrogens with zero attached hydrogens (tertiary/aromatic N) is 4. The fraction of sp³-hybridized carbons (Fsp3) is 0.633. The number of urea groups is 1. The molecule has 1 aromatic carbocycles. The van der Waals surface area contributed by atoms with Crippen molar-refractivity contribution in [2.75, 3.05) is 57.7 Å². The lowest BCUT2D eigenvalue weighted by Gasteiger charge is -2.36. The van der Waals surface area contributed by atoms with Crippen molar-refractivity contribution >= 4 is 23.3 Å². The topological polar surface area (TPSA) is 121 Å². The summed E-state index contributed by atoms with van der Waals surface area (Å²) in [6.07, 6.45) is 2.11. The molecule has 0 unspecified atom stereocenters. The molecule has 2 aromatic rings. The maximum Gasteiger partial charge on any atom is 0.321 e. The molecule has 4 atom stereocenters. The second kappa shape index (κ2) is 14.5. The van der Waals surface area contributed by atoms with E-state index >= 15 is 0 Å². The highest BCUT2D eigenvalue weighted by molar-refractivity contribution is 5.98. The summed E-state index contributed by atoms with van der Waals surface area (Å²) >= 11 is 0. The number of ether oxygens (including phenoxy) is 2. The average Bonchev–Trinajstić information content (AvgIpc) is 3.25. The fourth-order valence-corrected chi connectivity index (χ4v) is 4.87. The minimum atomic E-state index is -0.438. The quantitative estimate of drug-likeness (QED) is 0.524. The van der Waals surface area contributed by atoms with Gasteiger partial charge in [-0.25, -0.2) is 4.79 Å². The Hall–Kier alpha value is -3.31. The summed E-state index contributed by atoms with van der Waals surface area (Å²) in [6.45, 7) is 10.3. The van der Waals surface area contributed by atoms with Crippen molar-refractivity contribution in [1.29, 1.82) is 0 Å². The van der Waals surface area contributed by atoms with Crippen LogP contribution in [0.3, 0.4) is 0 Å². The first-order valence-corrected chi connectivity index (χ1v) is 14.4. The van der Waals surface area contributed by atoms with Crippen molar-refractivity contribution in [3.8, 4) is 5.75 Å². The van der Waals surface area contributed by atoms with Gasteiger partial charge in [0.05, 0.1) is 30.4 Å². The summed E-state index contributed by atoms with van der Waals surface area (Å²) in [5.41, 5.74) is 2.50. The predicted octanol–water partition coefficient (Wildman–Crippen LogP) is 4.32. The Kier molecular flexibility index (Phi) is 11.4. The number of amides is 3. The number of anilines is 2. The number of hydrogen-bond donors (Lipinski definition) is 2. The molecule has 0 bridgehead atoms. The largest absolute Gasteiger partial charge is 0.490 e. The highest BCUT2D eigenvalue weighted by atomic mass is 16.5. The molecule has 0 aliphatic carbocycles. The summed E-state index contributed by atoms with van der Waals surface area (Å²) in [5.74, 6) is 0.710. The van der Waals surface area contributed by atoms with Gasteiger partial charge in [0.15, 0.2) is 5.76 Å². The zero-order chi connectivity index (χ0) is 30.3. The number of carbonyl (C=O) groups is 2. The third-order valence-corrected chi connectivity index (χ3v) is 7.62. The minimum Gasteiger partial charge on any atom is -0.490 e. The first kappa shape index (κ1) is 32.2. The third kappa shape index (κ3) is 8.36. The van der Waals surface area contributed by atoms with Gasteiger partial charge in [0.2, 0.25) is 0 Å². The third-order valence-electron chi connectivity index (χ3n) is 7.62. The maximum absolute atomic E-state index is 14.1. The lowest BCUT2D eigenvalue weighted by molar-refractivity contribution is -0.0115. The fourth-order valence-electron chi connectivity index (χ4n) is 4.87. The molecule has 3 amide bonds. The number of hydrogen-bond acceptors (Lipinski definition) is 8. The Morgan fingerprint density at radius 1 is 1.22 bits per heavy atom. The summed E-state index contributed by atoms with van der Waals surface area (Å²) in [4.78, 5) is 32.4. The highest BCUT2D eigenvalue weighted by Crippen LogP contribution is 2.29. The van der Waals surface area contributed by atoms with Crippen molar-refractivity contribution in [3.05, 3.63) is 35.2 Å². The van der Waals surface area contributed by atoms with Crippen molar-refractivity contribution in [2.24, 2.45) is 5.92 Å². The smallest absolute Gasteiger partial charge is 0.321 e. The van der Waals surface area contributed by atoms with Crippen LogP contribution in [0, 0.1) is 19.8 Å². The number of aromatic nitrogens is 1. The van der Waals surface area contributed by atoms with Crippen molar-refractivity contribution in [1.82, 2.24) is 15.0 Å². The van der Waals surface area contributed by atoms with Gasteiger partial charge in [0.1, 0.15) is 17.1 Å². The molecule has 1 aromatic heterocycles. The molecule has 41 heavy (non-hydrogen) atoms. The van der Waals surface area contributed by atoms with E-state index in [0.29, 0.717) is 48.2 Å². The van der Waals surface area contributed by atoms with Gasteiger partial charge in [0, 0.05) is 52.4 Å². The van der Waals surface area contributed by atoms with Crippen LogP contribution < -0.4 is 15.0 Å². The molecule has 0 saturated heterocycles. The number of aryl methyl sites for hydroxylation is 2. The number of carbonyl (C=O) groups excluding carboxylic acids is 2. The lowest BCUT2D eigenvalue weighted by atomic mass is 10.0. The molecule has 0 fully saturated rings. The molecular weight excluding hydrogens is 526 g/mol. The van der Waals surface area contributed by atoms with Crippen LogP contribution in [0.4, 0.5) is 16.2 Å². The maximum atomic E-state index is 14.1. The molecule has 2 N–H and O–H groups in total. The van der Waals surface area contributed by atoms with E-state index in [2.05, 4.69) is 10.5 Å². The number of fused-ring (bicyclic) bond motifs is 1. The Morgan fingerprint density at radius 3 is 2.59 bits per heavy atom. The van der Waals surface area contributed by atoms with Crippen LogP contribution in [-0.2, 0) is 4.74 Å². The van der Waals surface area contributed by atoms with Crippen molar-refractivity contribution < 1.29 is 28.7 Å². The highest BCUT2D eigenvalue weighted by Gasteiger charge is 2.31. The van der Waals surface area contributed by atoms with Gasteiger partial charge in [-0.05, 0) is 65.2 Å². The van der Waals surface area contributed by atoms with E-state index in [1.165, 1.54) is 0 Å². The Bertz CT molecular complexity index is 1150. The Balaban J connectivity index is 1.89. The van der Waals surface area contributed by atoms with E-state index in [9.17, 15) is 14.7 Å². The molecule has 2 heterocycles. The Morgan fingerprint density at radius 2 is 1.95 bits per heavy atom. The predicted molar refractivity (Wildman–Crippen MR) is 159 cm³/mol. The van der Waals surface area contributed by atoms with Crippen molar-refractivity contribution in [3.63, 3.8) is 0 Å². The number of rotatable bonds is 6. The number of likely N-dealkylation sites (N-methyl/N-ethyl adjacent to an activating group) is 1. The van der Waals surface area contributed by atoms with Crippen LogP contribution in [0.25, 0.3) is 0 Å². The summed E-state index contributed by atoms with van der Waals surface area (Å²) in [7, 11) is 5.57. The minimum absolute atomic E-state index is 0.0905. The zero-order valence-electron chi connectivity index (χ0n) is 25.8. The lowest BCUT2D eigenvalue weighted by Crippen LogP contribution is -2.48. The van der Waals surface area contributed by atoms with E-state index in [1.54, 1.807) is 30.7 Å². The summed E-state index contributed by atoms with van der Waals surface area (Å²) in [5, 5.41) is 16.9. The van der Waals surface area contributed by atoms with E-state index in [1.807, 2.05) is 58.0 Å². The van der Waals surface area contributed by atoms with Crippen LogP contribution in [0.5, 0.6) is 5.75 Å². The van der Waals surface area contributed by atoms with Crippen LogP contribution in [-0.4, -0.2) is 97.7 Å². The number of aliphatic hydroxyl groups is 1. The standard InChI is InChI=1S/C30H47N5O6/c1-19-16-35(20(2)18-36)29(37)25-15-24(33(6)7)12-13-26(25)40-21(3)11-9-10-14-39-27(19)17-34(8)30(38)31-28-22(4)32-41-23(28)5/h12-13,15,19-21,27,36H,9-11,14,16-18H2,1-8H3,(H,31,38)/t19-,20-,21-,27+/m0/s1. The van der Waals surface area contributed by atoms with Crippen LogP contribution >= 0.6 is 0 Å². The summed E-state index contributed by atoms with van der Waals surface area (Å²) < 4.78 is 17.8. The van der Waals surface area contributed by atoms with Crippen LogP contribution in [0.15, 0.2) is 22.7 Å². The second-order valence-corrected chi connectivity index (χ2v) is 11.4. The van der Waals surface area contributed by atoms with Gasteiger partial charge in [-0.2, -0.15) is 0 Å². The van der Waals surface area contributed by atoms with Gasteiger partial charge in [-0.3, -0.25) is 4.79 Å². The molecule has 1 aliphatic heterocycles. The van der Waals surface area contributed by atoms with E-state index in [0.717, 1.165) is 24.9 Å². The van der Waals surface area contributed by atoms with Gasteiger partial charge in [-0.1, -0.05) is 12.1 Å². The second-order valence-electron chi connectivity index (χ2n) is 11.4. The zero-order valence-corrected chi connectivity index (χ0v) is 25.8. The van der Waals surface area contributed by atoms with Crippen LogP contribution in [0.1, 0.15) is 61.8 Å². The molecule has 11 heteroatoms. The first-order chi connectivity index (χ1) is 19.4. The van der Waals surface area contributed by atoms with Gasteiger partial charge < -0.3 is 39.1 Å². The average molecular weight is 574 g/mol. The number of nitrogens with one attached hydrogen (secondary N) is 1. The molecule has 1 aliphatic rings. The van der Waals surface area contributed by atoms with Gasteiger partial charge >= 0.3 is 6.03 Å². The molecule has 0 radical (unpaired) electrons. The monoisotopic (exact) mass is 573 g/mol. The molecule has 0 spiro atoms. The molecule has 0 saturated carbocycles. The number of aliphatic hydroxyl groups excluding tert-OH is 1. The first-order valence-electron chi connectivity index (χ1n) is 14.4. The Labute approximate surface area is 243 Å². The van der Waals surface area contributed by atoms with Crippen LogP contribution in [0.2, 0.25) is 0 Å².